The second kappa shape index (κ2) is 8.54. The minimum atomic E-state index is -1.71. The summed E-state index contributed by atoms with van der Waals surface area (Å²) in [5.74, 6) is -4.02. The molecule has 3 aromatic rings. The Balaban J connectivity index is 1.59. The molecule has 7 nitrogen and oxygen atoms in total. The van der Waals surface area contributed by atoms with Gasteiger partial charge in [0, 0.05) is 11.3 Å². The number of halogens is 1. The third-order valence-corrected chi connectivity index (χ3v) is 7.94. The Morgan fingerprint density at radius 2 is 1.71 bits per heavy atom. The van der Waals surface area contributed by atoms with E-state index in [4.69, 9.17) is 11.6 Å². The molecule has 2 fully saturated rings. The van der Waals surface area contributed by atoms with Gasteiger partial charge < -0.3 is 10.2 Å². The maximum Gasteiger partial charge on any atom is 0.325 e. The normalized spacial score (nSPS) is 26.1. The summed E-state index contributed by atoms with van der Waals surface area (Å²) in [5.41, 5.74) is -0.300. The van der Waals surface area contributed by atoms with Crippen molar-refractivity contribution < 1.29 is 24.6 Å². The number of carboxylic acid groups (broad SMARTS) is 1. The number of rotatable bonds is 6. The van der Waals surface area contributed by atoms with Crippen LogP contribution < -0.4 is 5.32 Å². The van der Waals surface area contributed by atoms with Gasteiger partial charge in [-0.05, 0) is 35.4 Å². The van der Waals surface area contributed by atoms with Crippen LogP contribution in [-0.2, 0) is 27.3 Å². The van der Waals surface area contributed by atoms with E-state index in [0.717, 1.165) is 5.56 Å². The number of hydrogen-bond acceptors (Lipinski definition) is 6. The number of carbonyl (C=O) groups is 3. The molecule has 3 N–H and O–H groups in total. The van der Waals surface area contributed by atoms with E-state index >= 15 is 0 Å². The maximum atomic E-state index is 13.7. The highest BCUT2D eigenvalue weighted by molar-refractivity contribution is 7.16. The van der Waals surface area contributed by atoms with Crippen molar-refractivity contribution in [3.63, 3.8) is 0 Å². The molecule has 2 aliphatic heterocycles. The highest BCUT2D eigenvalue weighted by Crippen LogP contribution is 2.51. The number of imide groups is 1. The average molecular weight is 497 g/mol. The highest BCUT2D eigenvalue weighted by Gasteiger charge is 2.68. The third kappa shape index (κ3) is 3.68. The summed E-state index contributed by atoms with van der Waals surface area (Å²) in [4.78, 5) is 42.0. The van der Waals surface area contributed by atoms with Crippen molar-refractivity contribution >= 4 is 40.7 Å². The Morgan fingerprint density at radius 3 is 2.32 bits per heavy atom. The van der Waals surface area contributed by atoms with Gasteiger partial charge in [-0.25, -0.2) is 0 Å². The summed E-state index contributed by atoms with van der Waals surface area (Å²) in [6, 6.07) is 18.1. The molecule has 4 atom stereocenters. The van der Waals surface area contributed by atoms with Gasteiger partial charge in [-0.2, -0.15) is 0 Å². The van der Waals surface area contributed by atoms with Crippen molar-refractivity contribution in [2.24, 2.45) is 11.8 Å². The standard InChI is InChI=1S/C25H21ClN2O5S/c26-18-11-10-17(34-18)21-19-20(23(31)28(22(19)30)13-15-4-2-1-3-5-15)25(27-21,24(32)33)12-14-6-8-16(29)9-7-14/h1-11,19-21,27,29H,12-13H2,(H,32,33). The van der Waals surface area contributed by atoms with E-state index in [1.54, 1.807) is 24.3 Å². The van der Waals surface area contributed by atoms with Crippen molar-refractivity contribution in [3.05, 3.63) is 87.1 Å². The summed E-state index contributed by atoms with van der Waals surface area (Å²) >= 11 is 7.41. The first-order chi connectivity index (χ1) is 16.3. The van der Waals surface area contributed by atoms with Crippen molar-refractivity contribution in [1.29, 1.82) is 0 Å². The van der Waals surface area contributed by atoms with Crippen LogP contribution in [0, 0.1) is 11.8 Å². The van der Waals surface area contributed by atoms with Crippen LogP contribution in [0.25, 0.3) is 0 Å². The Morgan fingerprint density at radius 1 is 1.00 bits per heavy atom. The summed E-state index contributed by atoms with van der Waals surface area (Å²) < 4.78 is 0.512. The van der Waals surface area contributed by atoms with Crippen LogP contribution in [0.15, 0.2) is 66.7 Å². The van der Waals surface area contributed by atoms with Crippen LogP contribution in [0.4, 0.5) is 0 Å². The number of phenolic OH excluding ortho intramolecular Hbond substituents is 1. The summed E-state index contributed by atoms with van der Waals surface area (Å²) in [7, 11) is 0. The Hall–Kier alpha value is -3.20. The van der Waals surface area contributed by atoms with Crippen molar-refractivity contribution in [2.45, 2.75) is 24.5 Å². The van der Waals surface area contributed by atoms with E-state index in [0.29, 0.717) is 14.8 Å². The molecule has 0 aliphatic carbocycles. The fourth-order valence-corrected chi connectivity index (χ4v) is 6.25. The quantitative estimate of drug-likeness (QED) is 0.450. The molecule has 9 heteroatoms. The number of phenols is 1. The predicted molar refractivity (Wildman–Crippen MR) is 126 cm³/mol. The zero-order valence-corrected chi connectivity index (χ0v) is 19.4. The molecule has 2 aliphatic rings. The molecule has 2 aromatic carbocycles. The lowest BCUT2D eigenvalue weighted by atomic mass is 9.76. The van der Waals surface area contributed by atoms with E-state index in [1.165, 1.54) is 28.4 Å². The van der Waals surface area contributed by atoms with Gasteiger partial charge in [-0.1, -0.05) is 54.1 Å². The number of likely N-dealkylation sites (tertiary alicyclic amines) is 1. The lowest BCUT2D eigenvalue weighted by Gasteiger charge is -2.31. The fourth-order valence-electron chi connectivity index (χ4n) is 5.09. The van der Waals surface area contributed by atoms with Gasteiger partial charge in [0.05, 0.1) is 28.8 Å². The minimum absolute atomic E-state index is 0.0302. The van der Waals surface area contributed by atoms with Gasteiger partial charge >= 0.3 is 5.97 Å². The largest absolute Gasteiger partial charge is 0.508 e. The van der Waals surface area contributed by atoms with Gasteiger partial charge in [-0.15, -0.1) is 11.3 Å². The second-order valence-electron chi connectivity index (χ2n) is 8.64. The van der Waals surface area contributed by atoms with Crippen LogP contribution in [0.5, 0.6) is 5.75 Å². The number of benzene rings is 2. The Kier molecular flexibility index (Phi) is 5.67. The number of nitrogens with one attached hydrogen (secondary N) is 1. The lowest BCUT2D eigenvalue weighted by molar-refractivity contribution is -0.151. The number of thiophene rings is 1. The molecule has 34 heavy (non-hydrogen) atoms. The monoisotopic (exact) mass is 496 g/mol. The molecule has 0 radical (unpaired) electrons. The van der Waals surface area contributed by atoms with E-state index in [-0.39, 0.29) is 18.7 Å². The molecule has 2 saturated heterocycles. The van der Waals surface area contributed by atoms with Gasteiger partial charge in [0.1, 0.15) is 11.3 Å². The zero-order chi connectivity index (χ0) is 24.0. The molecule has 1 aromatic heterocycles. The minimum Gasteiger partial charge on any atom is -0.508 e. The van der Waals surface area contributed by atoms with E-state index in [9.17, 15) is 24.6 Å². The van der Waals surface area contributed by atoms with Crippen molar-refractivity contribution in [3.8, 4) is 5.75 Å². The number of nitrogens with zero attached hydrogens (tertiary/aromatic N) is 1. The van der Waals surface area contributed by atoms with Crippen LogP contribution in [-0.4, -0.2) is 38.4 Å². The second-order valence-corrected chi connectivity index (χ2v) is 10.4. The van der Waals surface area contributed by atoms with Crippen LogP contribution in [0.3, 0.4) is 0 Å². The number of aliphatic carboxylic acids is 1. The molecule has 0 bridgehead atoms. The molecule has 5 rings (SSSR count). The number of carboxylic acids is 1. The lowest BCUT2D eigenvalue weighted by Crippen LogP contribution is -2.57. The van der Waals surface area contributed by atoms with E-state index in [2.05, 4.69) is 5.32 Å². The van der Waals surface area contributed by atoms with E-state index in [1.807, 2.05) is 30.3 Å². The molecule has 0 saturated carbocycles. The predicted octanol–water partition coefficient (Wildman–Crippen LogP) is 3.62. The zero-order valence-electron chi connectivity index (χ0n) is 17.8. The molecule has 4 unspecified atom stereocenters. The molecule has 2 amide bonds. The number of aromatic hydroxyl groups is 1. The van der Waals surface area contributed by atoms with Crippen LogP contribution in [0.1, 0.15) is 22.0 Å². The molecule has 0 spiro atoms. The average Bonchev–Trinajstić information content (AvgIpc) is 3.47. The fraction of sp³-hybridized carbons (Fsp3) is 0.240. The molecular formula is C25H21ClN2O5S. The number of hydrogen-bond donors (Lipinski definition) is 3. The Labute approximate surface area is 204 Å². The van der Waals surface area contributed by atoms with Crippen molar-refractivity contribution in [1.82, 2.24) is 10.2 Å². The number of carbonyl (C=O) groups excluding carboxylic acids is 2. The van der Waals surface area contributed by atoms with Crippen molar-refractivity contribution in [2.75, 3.05) is 0 Å². The highest BCUT2D eigenvalue weighted by atomic mass is 35.5. The first kappa shape index (κ1) is 22.6. The van der Waals surface area contributed by atoms with Crippen LogP contribution in [0.2, 0.25) is 4.34 Å². The summed E-state index contributed by atoms with van der Waals surface area (Å²) in [6.45, 7) is 0.0817. The number of amides is 2. The third-order valence-electron chi connectivity index (χ3n) is 6.63. The molecule has 3 heterocycles. The Bertz CT molecular complexity index is 1260. The van der Waals surface area contributed by atoms with E-state index < -0.39 is 41.2 Å². The first-order valence-corrected chi connectivity index (χ1v) is 11.9. The number of fused-ring (bicyclic) bond motifs is 1. The summed E-state index contributed by atoms with van der Waals surface area (Å²) in [5, 5.41) is 23.3. The smallest absolute Gasteiger partial charge is 0.325 e. The SMILES string of the molecule is O=C1C2C(c3ccc(Cl)s3)NC(Cc3ccc(O)cc3)(C(=O)O)C2C(=O)N1Cc1ccccc1. The molecular weight excluding hydrogens is 476 g/mol. The maximum absolute atomic E-state index is 13.7. The van der Waals surface area contributed by atoms with Gasteiger partial charge in [0.15, 0.2) is 0 Å². The molecule has 174 valence electrons. The summed E-state index contributed by atoms with van der Waals surface area (Å²) in [6.07, 6.45) is -0.0302. The first-order valence-electron chi connectivity index (χ1n) is 10.7. The van der Waals surface area contributed by atoms with Crippen LogP contribution >= 0.6 is 22.9 Å². The van der Waals surface area contributed by atoms with Gasteiger partial charge in [-0.3, -0.25) is 24.6 Å². The van der Waals surface area contributed by atoms with Gasteiger partial charge in [0.25, 0.3) is 0 Å². The van der Waals surface area contributed by atoms with Gasteiger partial charge in [0.2, 0.25) is 11.8 Å². The topological polar surface area (TPSA) is 107 Å².